The van der Waals surface area contributed by atoms with Crippen molar-refractivity contribution < 1.29 is 27.5 Å². The van der Waals surface area contributed by atoms with E-state index < -0.39 is 18.0 Å². The summed E-state index contributed by atoms with van der Waals surface area (Å²) in [6.45, 7) is 1.66. The normalized spacial score (nSPS) is 10.9. The third-order valence-corrected chi connectivity index (χ3v) is 3.05. The second-order valence-electron chi connectivity index (χ2n) is 5.18. The molecule has 2 aromatic rings. The number of anilines is 2. The van der Waals surface area contributed by atoms with Gasteiger partial charge in [0.25, 0.3) is 5.91 Å². The number of ether oxygens (including phenoxy) is 1. The van der Waals surface area contributed by atoms with Gasteiger partial charge in [-0.1, -0.05) is 23.8 Å². The Kier molecular flexibility index (Phi) is 5.63. The largest absolute Gasteiger partial charge is 0.484 e. The first-order valence-electron chi connectivity index (χ1n) is 7.21. The van der Waals surface area contributed by atoms with Crippen LogP contribution in [-0.2, 0) is 9.59 Å². The molecule has 2 rings (SSSR count). The SMILES string of the molecule is Cc1ccc(OCC(=O)Nc2cccc(NC(=O)C(F)(F)F)c2)cc1. The fourth-order valence-electron chi connectivity index (χ4n) is 1.86. The van der Waals surface area contributed by atoms with Crippen molar-refractivity contribution in [2.75, 3.05) is 17.2 Å². The molecule has 132 valence electrons. The first kappa shape index (κ1) is 18.3. The maximum atomic E-state index is 12.2. The first-order chi connectivity index (χ1) is 11.7. The Morgan fingerprint density at radius 1 is 1.00 bits per heavy atom. The molecule has 5 nitrogen and oxygen atoms in total. The number of halogens is 3. The summed E-state index contributed by atoms with van der Waals surface area (Å²) in [5.74, 6) is -2.05. The zero-order chi connectivity index (χ0) is 18.4. The maximum absolute atomic E-state index is 12.2. The van der Waals surface area contributed by atoms with Crippen LogP contribution in [0, 0.1) is 6.92 Å². The van der Waals surface area contributed by atoms with E-state index >= 15 is 0 Å². The molecule has 0 heterocycles. The van der Waals surface area contributed by atoms with E-state index in [-0.39, 0.29) is 18.0 Å². The van der Waals surface area contributed by atoms with Crippen LogP contribution >= 0.6 is 0 Å². The van der Waals surface area contributed by atoms with Crippen LogP contribution in [0.4, 0.5) is 24.5 Å². The maximum Gasteiger partial charge on any atom is 0.471 e. The highest BCUT2D eigenvalue weighted by Crippen LogP contribution is 2.20. The Morgan fingerprint density at radius 2 is 1.60 bits per heavy atom. The topological polar surface area (TPSA) is 67.4 Å². The number of amides is 2. The molecule has 0 bridgehead atoms. The van der Waals surface area contributed by atoms with Gasteiger partial charge in [0.2, 0.25) is 0 Å². The number of hydrogen-bond donors (Lipinski definition) is 2. The number of carbonyl (C=O) groups excluding carboxylic acids is 2. The molecule has 2 N–H and O–H groups in total. The molecule has 0 aliphatic carbocycles. The first-order valence-corrected chi connectivity index (χ1v) is 7.21. The summed E-state index contributed by atoms with van der Waals surface area (Å²) in [6, 6.07) is 12.5. The van der Waals surface area contributed by atoms with Gasteiger partial charge < -0.3 is 15.4 Å². The Morgan fingerprint density at radius 3 is 2.20 bits per heavy atom. The standard InChI is InChI=1S/C17H15F3N2O3/c1-11-5-7-14(8-6-11)25-10-15(23)21-12-3-2-4-13(9-12)22-16(24)17(18,19)20/h2-9H,10H2,1H3,(H,21,23)(H,22,24). The van der Waals surface area contributed by atoms with E-state index in [1.165, 1.54) is 24.3 Å². The Labute approximate surface area is 141 Å². The molecule has 0 aliphatic rings. The molecule has 0 saturated heterocycles. The van der Waals surface area contributed by atoms with Gasteiger partial charge in [-0.3, -0.25) is 9.59 Å². The molecular weight excluding hydrogens is 337 g/mol. The molecule has 0 saturated carbocycles. The van der Waals surface area contributed by atoms with Gasteiger partial charge >= 0.3 is 12.1 Å². The van der Waals surface area contributed by atoms with Crippen molar-refractivity contribution in [1.82, 2.24) is 0 Å². The lowest BCUT2D eigenvalue weighted by Crippen LogP contribution is -2.30. The third kappa shape index (κ3) is 5.83. The lowest BCUT2D eigenvalue weighted by atomic mass is 10.2. The van der Waals surface area contributed by atoms with Gasteiger partial charge in [0.15, 0.2) is 6.61 Å². The van der Waals surface area contributed by atoms with Crippen molar-refractivity contribution in [3.8, 4) is 5.75 Å². The number of rotatable bonds is 5. The highest BCUT2D eigenvalue weighted by Gasteiger charge is 2.38. The molecule has 0 aliphatic heterocycles. The highest BCUT2D eigenvalue weighted by molar-refractivity contribution is 5.96. The number of alkyl halides is 3. The summed E-state index contributed by atoms with van der Waals surface area (Å²) in [7, 11) is 0. The Bertz CT molecular complexity index is 758. The molecule has 25 heavy (non-hydrogen) atoms. The third-order valence-electron chi connectivity index (χ3n) is 3.05. The zero-order valence-electron chi connectivity index (χ0n) is 13.2. The number of nitrogens with one attached hydrogen (secondary N) is 2. The van der Waals surface area contributed by atoms with Crippen LogP contribution < -0.4 is 15.4 Å². The highest BCUT2D eigenvalue weighted by atomic mass is 19.4. The second-order valence-corrected chi connectivity index (χ2v) is 5.18. The van der Waals surface area contributed by atoms with E-state index in [0.717, 1.165) is 5.56 Å². The van der Waals surface area contributed by atoms with Crippen molar-refractivity contribution >= 4 is 23.2 Å². The minimum atomic E-state index is -4.98. The van der Waals surface area contributed by atoms with Crippen molar-refractivity contribution in [3.05, 3.63) is 54.1 Å². The van der Waals surface area contributed by atoms with Crippen molar-refractivity contribution in [2.24, 2.45) is 0 Å². The van der Waals surface area contributed by atoms with Crippen LogP contribution in [0.25, 0.3) is 0 Å². The predicted molar refractivity (Wildman–Crippen MR) is 86.4 cm³/mol. The molecule has 8 heteroatoms. The molecule has 0 spiro atoms. The Balaban J connectivity index is 1.91. The minimum Gasteiger partial charge on any atom is -0.484 e. The van der Waals surface area contributed by atoms with Crippen LogP contribution in [-0.4, -0.2) is 24.6 Å². The van der Waals surface area contributed by atoms with Crippen molar-refractivity contribution in [1.29, 1.82) is 0 Å². The van der Waals surface area contributed by atoms with Gasteiger partial charge in [0.05, 0.1) is 0 Å². The molecule has 2 aromatic carbocycles. The lowest BCUT2D eigenvalue weighted by Gasteiger charge is -2.11. The van der Waals surface area contributed by atoms with Gasteiger partial charge in [-0.05, 0) is 37.3 Å². The molecular formula is C17H15F3N2O3. The number of aryl methyl sites for hydroxylation is 1. The number of carbonyl (C=O) groups is 2. The summed E-state index contributed by atoms with van der Waals surface area (Å²) in [4.78, 5) is 22.7. The van der Waals surface area contributed by atoms with Crippen LogP contribution in [0.1, 0.15) is 5.56 Å². The number of benzene rings is 2. The second kappa shape index (κ2) is 7.69. The fourth-order valence-corrected chi connectivity index (χ4v) is 1.86. The number of hydrogen-bond acceptors (Lipinski definition) is 3. The quantitative estimate of drug-likeness (QED) is 0.865. The van der Waals surface area contributed by atoms with Gasteiger partial charge in [-0.25, -0.2) is 0 Å². The van der Waals surface area contributed by atoms with E-state index in [1.807, 2.05) is 19.1 Å². The average molecular weight is 352 g/mol. The van der Waals surface area contributed by atoms with Crippen molar-refractivity contribution in [2.45, 2.75) is 13.1 Å². The summed E-state index contributed by atoms with van der Waals surface area (Å²) >= 11 is 0. The van der Waals surface area contributed by atoms with E-state index in [9.17, 15) is 22.8 Å². The van der Waals surface area contributed by atoms with Crippen molar-refractivity contribution in [3.63, 3.8) is 0 Å². The molecule has 0 unspecified atom stereocenters. The molecule has 0 aromatic heterocycles. The zero-order valence-corrected chi connectivity index (χ0v) is 13.2. The van der Waals surface area contributed by atoms with Gasteiger partial charge in [0.1, 0.15) is 5.75 Å². The van der Waals surface area contributed by atoms with E-state index in [2.05, 4.69) is 5.32 Å². The summed E-state index contributed by atoms with van der Waals surface area (Å²) in [5.41, 5.74) is 1.20. The van der Waals surface area contributed by atoms with Crippen LogP contribution in [0.3, 0.4) is 0 Å². The summed E-state index contributed by atoms with van der Waals surface area (Å²) in [5, 5.41) is 4.19. The van der Waals surface area contributed by atoms with Crippen LogP contribution in [0.15, 0.2) is 48.5 Å². The van der Waals surface area contributed by atoms with Gasteiger partial charge in [-0.15, -0.1) is 0 Å². The van der Waals surface area contributed by atoms with Crippen LogP contribution in [0.2, 0.25) is 0 Å². The summed E-state index contributed by atoms with van der Waals surface area (Å²) in [6.07, 6.45) is -4.98. The monoisotopic (exact) mass is 352 g/mol. The lowest BCUT2D eigenvalue weighted by molar-refractivity contribution is -0.167. The van der Waals surface area contributed by atoms with Gasteiger partial charge in [0, 0.05) is 11.4 Å². The van der Waals surface area contributed by atoms with E-state index in [4.69, 9.17) is 4.74 Å². The summed E-state index contributed by atoms with van der Waals surface area (Å²) < 4.78 is 42.0. The molecule has 0 radical (unpaired) electrons. The minimum absolute atomic E-state index is 0.0837. The van der Waals surface area contributed by atoms with Crippen LogP contribution in [0.5, 0.6) is 5.75 Å². The average Bonchev–Trinajstić information content (AvgIpc) is 2.54. The molecule has 2 amide bonds. The fraction of sp³-hybridized carbons (Fsp3) is 0.176. The Hall–Kier alpha value is -3.03. The smallest absolute Gasteiger partial charge is 0.471 e. The van der Waals surface area contributed by atoms with E-state index in [0.29, 0.717) is 5.75 Å². The molecule has 0 fully saturated rings. The van der Waals surface area contributed by atoms with Gasteiger partial charge in [-0.2, -0.15) is 13.2 Å². The molecule has 0 atom stereocenters. The predicted octanol–water partition coefficient (Wildman–Crippen LogP) is 3.51. The van der Waals surface area contributed by atoms with E-state index in [1.54, 1.807) is 17.4 Å².